The van der Waals surface area contributed by atoms with Gasteiger partial charge in [0.2, 0.25) is 0 Å². The normalized spacial score (nSPS) is 11.8. The van der Waals surface area contributed by atoms with E-state index in [-0.39, 0.29) is 24.8 Å². The van der Waals surface area contributed by atoms with Crippen molar-refractivity contribution in [2.75, 3.05) is 18.5 Å². The predicted octanol–water partition coefficient (Wildman–Crippen LogP) is 0.817. The lowest BCUT2D eigenvalue weighted by molar-refractivity contribution is -0.136. The van der Waals surface area contributed by atoms with Crippen LogP contribution in [0.2, 0.25) is 0 Å². The maximum absolute atomic E-state index is 13.1. The molecule has 0 aromatic heterocycles. The van der Waals surface area contributed by atoms with Gasteiger partial charge in [-0.05, 0) is 36.6 Å². The minimum atomic E-state index is -0.866. The second-order valence-corrected chi connectivity index (χ2v) is 4.47. The molecule has 0 bridgehead atoms. The van der Waals surface area contributed by atoms with Crippen LogP contribution in [0.5, 0.6) is 0 Å². The summed E-state index contributed by atoms with van der Waals surface area (Å²) < 4.78 is 13.1. The molecule has 0 radical (unpaired) electrons. The SMILES string of the molecule is Cc1cc(F)cc(NC(=O)C(=O)NCC(C)CO)c1. The first-order valence-corrected chi connectivity index (χ1v) is 5.89. The lowest BCUT2D eigenvalue weighted by Crippen LogP contribution is -2.38. The number of carbonyl (C=O) groups excluding carboxylic acids is 2. The molecule has 6 heteroatoms. The van der Waals surface area contributed by atoms with E-state index in [9.17, 15) is 14.0 Å². The highest BCUT2D eigenvalue weighted by molar-refractivity contribution is 6.39. The number of halogens is 1. The summed E-state index contributed by atoms with van der Waals surface area (Å²) in [5.41, 5.74) is 0.873. The van der Waals surface area contributed by atoms with Crippen LogP contribution < -0.4 is 10.6 Å². The molecule has 1 unspecified atom stereocenters. The molecule has 0 aliphatic rings. The molecule has 1 aromatic rings. The van der Waals surface area contributed by atoms with E-state index in [1.54, 1.807) is 19.9 Å². The number of hydrogen-bond acceptors (Lipinski definition) is 3. The number of aliphatic hydroxyl groups is 1. The summed E-state index contributed by atoms with van der Waals surface area (Å²) in [6.45, 7) is 3.53. The van der Waals surface area contributed by atoms with Crippen LogP contribution in [0.3, 0.4) is 0 Å². The van der Waals surface area contributed by atoms with Crippen LogP contribution in [0.4, 0.5) is 10.1 Å². The zero-order chi connectivity index (χ0) is 14.4. The predicted molar refractivity (Wildman–Crippen MR) is 69.0 cm³/mol. The zero-order valence-corrected chi connectivity index (χ0v) is 10.9. The third kappa shape index (κ3) is 5.05. The lowest BCUT2D eigenvalue weighted by atomic mass is 10.2. The van der Waals surface area contributed by atoms with Crippen molar-refractivity contribution in [1.29, 1.82) is 0 Å². The molecule has 0 saturated carbocycles. The van der Waals surface area contributed by atoms with Crippen molar-refractivity contribution in [3.05, 3.63) is 29.6 Å². The van der Waals surface area contributed by atoms with Crippen LogP contribution in [0.25, 0.3) is 0 Å². The Hall–Kier alpha value is -1.95. The van der Waals surface area contributed by atoms with E-state index in [0.717, 1.165) is 6.07 Å². The van der Waals surface area contributed by atoms with Gasteiger partial charge in [-0.15, -0.1) is 0 Å². The molecule has 1 rings (SSSR count). The van der Waals surface area contributed by atoms with Gasteiger partial charge in [-0.1, -0.05) is 6.92 Å². The van der Waals surface area contributed by atoms with Crippen molar-refractivity contribution in [2.45, 2.75) is 13.8 Å². The van der Waals surface area contributed by atoms with Gasteiger partial charge in [-0.25, -0.2) is 4.39 Å². The Morgan fingerprint density at radius 1 is 1.32 bits per heavy atom. The molecule has 3 N–H and O–H groups in total. The lowest BCUT2D eigenvalue weighted by Gasteiger charge is -2.10. The van der Waals surface area contributed by atoms with Crippen LogP contribution in [0.1, 0.15) is 12.5 Å². The molecule has 0 aliphatic carbocycles. The Balaban J connectivity index is 2.56. The highest BCUT2D eigenvalue weighted by Gasteiger charge is 2.14. The average molecular weight is 268 g/mol. The second-order valence-electron chi connectivity index (χ2n) is 4.47. The van der Waals surface area contributed by atoms with E-state index >= 15 is 0 Å². The number of anilines is 1. The molecular formula is C13H17FN2O3. The molecule has 104 valence electrons. The zero-order valence-electron chi connectivity index (χ0n) is 10.9. The summed E-state index contributed by atoms with van der Waals surface area (Å²) in [7, 11) is 0. The highest BCUT2D eigenvalue weighted by atomic mass is 19.1. The summed E-state index contributed by atoms with van der Waals surface area (Å²) in [5.74, 6) is -2.30. The third-order valence-corrected chi connectivity index (χ3v) is 2.43. The summed E-state index contributed by atoms with van der Waals surface area (Å²) in [6.07, 6.45) is 0. The van der Waals surface area contributed by atoms with Gasteiger partial charge >= 0.3 is 11.8 Å². The fourth-order valence-electron chi connectivity index (χ4n) is 1.41. The summed E-state index contributed by atoms with van der Waals surface area (Å²) >= 11 is 0. The van der Waals surface area contributed by atoms with Crippen molar-refractivity contribution >= 4 is 17.5 Å². The Morgan fingerprint density at radius 3 is 2.58 bits per heavy atom. The van der Waals surface area contributed by atoms with Crippen LogP contribution >= 0.6 is 0 Å². The van der Waals surface area contributed by atoms with Gasteiger partial charge < -0.3 is 15.7 Å². The number of carbonyl (C=O) groups is 2. The molecule has 2 amide bonds. The molecule has 0 aliphatic heterocycles. The van der Waals surface area contributed by atoms with Gasteiger partial charge in [0, 0.05) is 18.8 Å². The van der Waals surface area contributed by atoms with Gasteiger partial charge in [-0.2, -0.15) is 0 Å². The number of rotatable bonds is 4. The van der Waals surface area contributed by atoms with E-state index in [1.807, 2.05) is 0 Å². The molecular weight excluding hydrogens is 251 g/mol. The highest BCUT2D eigenvalue weighted by Crippen LogP contribution is 2.12. The van der Waals surface area contributed by atoms with Crippen molar-refractivity contribution in [3.8, 4) is 0 Å². The maximum atomic E-state index is 13.1. The topological polar surface area (TPSA) is 78.4 Å². The van der Waals surface area contributed by atoms with Gasteiger partial charge in [0.15, 0.2) is 0 Å². The Bertz CT molecular complexity index is 457. The average Bonchev–Trinajstić information content (AvgIpc) is 2.33. The molecule has 5 nitrogen and oxygen atoms in total. The van der Waals surface area contributed by atoms with Crippen molar-refractivity contribution in [1.82, 2.24) is 5.32 Å². The van der Waals surface area contributed by atoms with Gasteiger partial charge in [0.05, 0.1) is 0 Å². The first-order chi connectivity index (χ1) is 8.92. The van der Waals surface area contributed by atoms with Crippen molar-refractivity contribution < 1.29 is 19.1 Å². The molecule has 0 heterocycles. The Kier molecular flexibility index (Phi) is 5.44. The largest absolute Gasteiger partial charge is 0.396 e. The molecule has 1 aromatic carbocycles. The number of amides is 2. The van der Waals surface area contributed by atoms with Gasteiger partial charge in [-0.3, -0.25) is 9.59 Å². The van der Waals surface area contributed by atoms with Gasteiger partial charge in [0.25, 0.3) is 0 Å². The van der Waals surface area contributed by atoms with Crippen LogP contribution in [-0.4, -0.2) is 30.1 Å². The third-order valence-electron chi connectivity index (χ3n) is 2.43. The van der Waals surface area contributed by atoms with E-state index in [1.165, 1.54) is 6.07 Å². The number of aryl methyl sites for hydroxylation is 1. The first kappa shape index (κ1) is 15.1. The van der Waals surface area contributed by atoms with Crippen molar-refractivity contribution in [3.63, 3.8) is 0 Å². The quantitative estimate of drug-likeness (QED) is 0.707. The van der Waals surface area contributed by atoms with Crippen LogP contribution in [0, 0.1) is 18.7 Å². The van der Waals surface area contributed by atoms with Gasteiger partial charge in [0.1, 0.15) is 5.82 Å². The summed E-state index contributed by atoms with van der Waals surface area (Å²) in [4.78, 5) is 23.0. The standard InChI is InChI=1S/C13H17FN2O3/c1-8-3-10(14)5-11(4-8)16-13(19)12(18)15-6-9(2)7-17/h3-5,9,17H,6-7H2,1-2H3,(H,15,18)(H,16,19). The monoisotopic (exact) mass is 268 g/mol. The Labute approximate surface area is 110 Å². The molecule has 0 saturated heterocycles. The maximum Gasteiger partial charge on any atom is 0.313 e. The molecule has 0 fully saturated rings. The smallest absolute Gasteiger partial charge is 0.313 e. The molecule has 19 heavy (non-hydrogen) atoms. The van der Waals surface area contributed by atoms with E-state index in [4.69, 9.17) is 5.11 Å². The van der Waals surface area contributed by atoms with Crippen LogP contribution in [-0.2, 0) is 9.59 Å². The Morgan fingerprint density at radius 2 is 2.00 bits per heavy atom. The molecule has 0 spiro atoms. The van der Waals surface area contributed by atoms with E-state index in [2.05, 4.69) is 10.6 Å². The minimum Gasteiger partial charge on any atom is -0.396 e. The summed E-state index contributed by atoms with van der Waals surface area (Å²) in [6, 6.07) is 4.01. The van der Waals surface area contributed by atoms with Crippen LogP contribution in [0.15, 0.2) is 18.2 Å². The fraction of sp³-hybridized carbons (Fsp3) is 0.385. The summed E-state index contributed by atoms with van der Waals surface area (Å²) in [5, 5.41) is 13.5. The fourth-order valence-corrected chi connectivity index (χ4v) is 1.41. The number of nitrogens with one attached hydrogen (secondary N) is 2. The van der Waals surface area contributed by atoms with Crippen molar-refractivity contribution in [2.24, 2.45) is 5.92 Å². The number of hydrogen-bond donors (Lipinski definition) is 3. The first-order valence-electron chi connectivity index (χ1n) is 5.89. The molecule has 1 atom stereocenters. The van der Waals surface area contributed by atoms with E-state index < -0.39 is 17.6 Å². The number of aliphatic hydroxyl groups excluding tert-OH is 1. The van der Waals surface area contributed by atoms with E-state index in [0.29, 0.717) is 5.56 Å². The number of benzene rings is 1. The second kappa shape index (κ2) is 6.84. The minimum absolute atomic E-state index is 0.0784.